The van der Waals surface area contributed by atoms with Gasteiger partial charge < -0.3 is 15.1 Å². The standard InChI is InChI=1S/C27H30N4O3/c1-2-21-8-10-23(11-9-21)27(32)30-18-16-29(17-19-30)24-12-13-26(31(33)34)25(20-24)28-15-14-22-6-4-3-5-7-22/h3-13,20,28H,2,14-19H2,1H3. The molecule has 0 unspecified atom stereocenters. The molecule has 0 saturated carbocycles. The summed E-state index contributed by atoms with van der Waals surface area (Å²) in [4.78, 5) is 28.1. The number of carbonyl (C=O) groups is 1. The van der Waals surface area contributed by atoms with Crippen molar-refractivity contribution in [3.8, 4) is 0 Å². The number of hydrogen-bond acceptors (Lipinski definition) is 5. The van der Waals surface area contributed by atoms with Crippen LogP contribution in [-0.4, -0.2) is 48.5 Å². The lowest BCUT2D eigenvalue weighted by molar-refractivity contribution is -0.383. The summed E-state index contributed by atoms with van der Waals surface area (Å²) in [6.07, 6.45) is 1.73. The third-order valence-corrected chi connectivity index (χ3v) is 6.29. The maximum atomic E-state index is 12.9. The summed E-state index contributed by atoms with van der Waals surface area (Å²) in [6, 6.07) is 23.1. The highest BCUT2D eigenvalue weighted by Gasteiger charge is 2.24. The van der Waals surface area contributed by atoms with E-state index >= 15 is 0 Å². The van der Waals surface area contributed by atoms with Gasteiger partial charge in [-0.15, -0.1) is 0 Å². The number of benzene rings is 3. The SMILES string of the molecule is CCc1ccc(C(=O)N2CCN(c3ccc([N+](=O)[O-])c(NCCc4ccccc4)c3)CC2)cc1. The molecule has 0 aromatic heterocycles. The molecule has 1 aliphatic rings. The van der Waals surface area contributed by atoms with Crippen LogP contribution in [0.4, 0.5) is 17.1 Å². The van der Waals surface area contributed by atoms with Gasteiger partial charge in [-0.2, -0.15) is 0 Å². The first-order valence-corrected chi connectivity index (χ1v) is 11.7. The predicted octanol–water partition coefficient (Wildman–Crippen LogP) is 4.77. The third kappa shape index (κ3) is 5.54. The highest BCUT2D eigenvalue weighted by Crippen LogP contribution is 2.30. The average Bonchev–Trinajstić information content (AvgIpc) is 2.89. The lowest BCUT2D eigenvalue weighted by atomic mass is 10.1. The number of rotatable bonds is 8. The monoisotopic (exact) mass is 458 g/mol. The van der Waals surface area contributed by atoms with Gasteiger partial charge in [0.25, 0.3) is 11.6 Å². The fourth-order valence-electron chi connectivity index (χ4n) is 4.24. The Morgan fingerprint density at radius 3 is 2.29 bits per heavy atom. The maximum Gasteiger partial charge on any atom is 0.292 e. The summed E-state index contributed by atoms with van der Waals surface area (Å²) in [5.41, 5.74) is 4.62. The molecule has 1 fully saturated rings. The van der Waals surface area contributed by atoms with Crippen LogP contribution < -0.4 is 10.2 Å². The molecule has 3 aromatic carbocycles. The van der Waals surface area contributed by atoms with Crippen molar-refractivity contribution in [1.82, 2.24) is 4.90 Å². The minimum atomic E-state index is -0.352. The largest absolute Gasteiger partial charge is 0.379 e. The van der Waals surface area contributed by atoms with Gasteiger partial charge in [-0.25, -0.2) is 0 Å². The van der Waals surface area contributed by atoms with E-state index in [1.807, 2.05) is 65.6 Å². The van der Waals surface area contributed by atoms with E-state index in [0.717, 1.165) is 18.5 Å². The summed E-state index contributed by atoms with van der Waals surface area (Å²) in [5, 5.41) is 14.8. The Morgan fingerprint density at radius 2 is 1.65 bits per heavy atom. The van der Waals surface area contributed by atoms with Crippen LogP contribution in [0.1, 0.15) is 28.4 Å². The minimum absolute atomic E-state index is 0.0503. The summed E-state index contributed by atoms with van der Waals surface area (Å²) >= 11 is 0. The number of nitro benzene ring substituents is 1. The van der Waals surface area contributed by atoms with Crippen molar-refractivity contribution < 1.29 is 9.72 Å². The summed E-state index contributed by atoms with van der Waals surface area (Å²) in [7, 11) is 0. The Hall–Kier alpha value is -3.87. The van der Waals surface area contributed by atoms with Gasteiger partial charge in [0.2, 0.25) is 0 Å². The van der Waals surface area contributed by atoms with Crippen molar-refractivity contribution >= 4 is 23.0 Å². The topological polar surface area (TPSA) is 78.7 Å². The quantitative estimate of drug-likeness (QED) is 0.388. The fraction of sp³-hybridized carbons (Fsp3) is 0.296. The van der Waals surface area contributed by atoms with Gasteiger partial charge in [0.15, 0.2) is 0 Å². The number of nitrogens with one attached hydrogen (secondary N) is 1. The van der Waals surface area contributed by atoms with Crippen LogP contribution in [0.3, 0.4) is 0 Å². The Bertz CT molecular complexity index is 1120. The molecule has 34 heavy (non-hydrogen) atoms. The third-order valence-electron chi connectivity index (χ3n) is 6.29. The molecule has 1 amide bonds. The number of nitrogens with zero attached hydrogens (tertiary/aromatic N) is 3. The van der Waals surface area contributed by atoms with Crippen molar-refractivity contribution in [2.75, 3.05) is 42.9 Å². The van der Waals surface area contributed by atoms with Gasteiger partial charge in [-0.1, -0.05) is 49.4 Å². The van der Waals surface area contributed by atoms with Crippen LogP contribution in [-0.2, 0) is 12.8 Å². The molecule has 0 aliphatic carbocycles. The first kappa shape index (κ1) is 23.3. The molecule has 7 heteroatoms. The zero-order valence-electron chi connectivity index (χ0n) is 19.4. The van der Waals surface area contributed by atoms with Gasteiger partial charge >= 0.3 is 0 Å². The number of anilines is 2. The van der Waals surface area contributed by atoms with E-state index in [1.54, 1.807) is 12.1 Å². The summed E-state index contributed by atoms with van der Waals surface area (Å²) < 4.78 is 0. The van der Waals surface area contributed by atoms with Crippen LogP contribution >= 0.6 is 0 Å². The lowest BCUT2D eigenvalue weighted by Gasteiger charge is -2.36. The minimum Gasteiger partial charge on any atom is -0.379 e. The molecule has 176 valence electrons. The molecule has 1 saturated heterocycles. The van der Waals surface area contributed by atoms with E-state index in [4.69, 9.17) is 0 Å². The zero-order chi connectivity index (χ0) is 23.9. The molecule has 1 heterocycles. The Balaban J connectivity index is 1.39. The number of aryl methyl sites for hydroxylation is 1. The fourth-order valence-corrected chi connectivity index (χ4v) is 4.24. The van der Waals surface area contributed by atoms with E-state index in [2.05, 4.69) is 17.1 Å². The molecular formula is C27H30N4O3. The molecular weight excluding hydrogens is 428 g/mol. The van der Waals surface area contributed by atoms with Crippen LogP contribution in [0.5, 0.6) is 0 Å². The molecule has 7 nitrogen and oxygen atoms in total. The lowest BCUT2D eigenvalue weighted by Crippen LogP contribution is -2.48. The van der Waals surface area contributed by atoms with E-state index in [-0.39, 0.29) is 16.5 Å². The number of carbonyl (C=O) groups excluding carboxylic acids is 1. The second kappa shape index (κ2) is 10.8. The number of hydrogen-bond donors (Lipinski definition) is 1. The van der Waals surface area contributed by atoms with Crippen molar-refractivity contribution in [2.24, 2.45) is 0 Å². The molecule has 1 N–H and O–H groups in total. The van der Waals surface area contributed by atoms with Crippen molar-refractivity contribution in [2.45, 2.75) is 19.8 Å². The first-order chi connectivity index (χ1) is 16.5. The molecule has 1 aliphatic heterocycles. The van der Waals surface area contributed by atoms with Gasteiger partial charge in [0.05, 0.1) is 4.92 Å². The summed E-state index contributed by atoms with van der Waals surface area (Å²) in [5.74, 6) is 0.0503. The molecule has 0 spiro atoms. The maximum absolute atomic E-state index is 12.9. The predicted molar refractivity (Wildman–Crippen MR) is 136 cm³/mol. The number of piperazine rings is 1. The second-order valence-electron chi connectivity index (χ2n) is 8.45. The normalized spacial score (nSPS) is 13.6. The van der Waals surface area contributed by atoms with Crippen LogP contribution in [0.15, 0.2) is 72.8 Å². The second-order valence-corrected chi connectivity index (χ2v) is 8.45. The first-order valence-electron chi connectivity index (χ1n) is 11.7. The van der Waals surface area contributed by atoms with Crippen LogP contribution in [0.2, 0.25) is 0 Å². The van der Waals surface area contributed by atoms with E-state index in [1.165, 1.54) is 11.1 Å². The van der Waals surface area contributed by atoms with Gasteiger partial charge in [0, 0.05) is 50.0 Å². The Morgan fingerprint density at radius 1 is 0.941 bits per heavy atom. The van der Waals surface area contributed by atoms with Gasteiger partial charge in [-0.05, 0) is 48.2 Å². The Labute approximate surface area is 200 Å². The van der Waals surface area contributed by atoms with Gasteiger partial charge in [0.1, 0.15) is 5.69 Å². The van der Waals surface area contributed by atoms with Crippen molar-refractivity contribution in [1.29, 1.82) is 0 Å². The molecule has 0 bridgehead atoms. The molecule has 0 atom stereocenters. The molecule has 3 aromatic rings. The van der Waals surface area contributed by atoms with Crippen LogP contribution in [0.25, 0.3) is 0 Å². The van der Waals surface area contributed by atoms with E-state index < -0.39 is 0 Å². The zero-order valence-corrected chi connectivity index (χ0v) is 19.4. The average molecular weight is 459 g/mol. The van der Waals surface area contributed by atoms with Gasteiger partial charge in [-0.3, -0.25) is 14.9 Å². The summed E-state index contributed by atoms with van der Waals surface area (Å²) in [6.45, 7) is 5.29. The highest BCUT2D eigenvalue weighted by atomic mass is 16.6. The van der Waals surface area contributed by atoms with E-state index in [0.29, 0.717) is 44.0 Å². The number of amides is 1. The molecule has 4 rings (SSSR count). The molecule has 0 radical (unpaired) electrons. The smallest absolute Gasteiger partial charge is 0.292 e. The number of nitro groups is 1. The Kier molecular flexibility index (Phi) is 7.42. The van der Waals surface area contributed by atoms with Crippen molar-refractivity contribution in [3.63, 3.8) is 0 Å². The van der Waals surface area contributed by atoms with Crippen molar-refractivity contribution in [3.05, 3.63) is 99.6 Å². The van der Waals surface area contributed by atoms with Crippen LogP contribution in [0, 0.1) is 10.1 Å². The highest BCUT2D eigenvalue weighted by molar-refractivity contribution is 5.94. The van der Waals surface area contributed by atoms with E-state index in [9.17, 15) is 14.9 Å².